The highest BCUT2D eigenvalue weighted by molar-refractivity contribution is 5.43. The third kappa shape index (κ3) is 2.62. The molecule has 2 fully saturated rings. The molecule has 0 aromatic carbocycles. The molecule has 0 radical (unpaired) electrons. The molecule has 104 valence electrons. The van der Waals surface area contributed by atoms with E-state index < -0.39 is 0 Å². The number of rotatable bonds is 2. The average Bonchev–Trinajstić information content (AvgIpc) is 2.47. The molecule has 2 heterocycles. The summed E-state index contributed by atoms with van der Waals surface area (Å²) in [4.78, 5) is 7.16. The Morgan fingerprint density at radius 1 is 1.26 bits per heavy atom. The normalized spacial score (nSPS) is 28.8. The van der Waals surface area contributed by atoms with Gasteiger partial charge >= 0.3 is 0 Å². The standard InChI is InChI=1S/C16H25N3/c1-12(17)14-8-9-18-16(11-14)19-10-4-6-13-5-2-3-7-15(13)19/h8-9,11-13,15H,2-7,10,17H2,1H3/t12?,13-,15-/m1/s1. The van der Waals surface area contributed by atoms with Crippen LogP contribution in [0.4, 0.5) is 5.82 Å². The van der Waals surface area contributed by atoms with Crippen molar-refractivity contribution in [1.82, 2.24) is 4.98 Å². The van der Waals surface area contributed by atoms with Gasteiger partial charge in [-0.3, -0.25) is 0 Å². The second kappa shape index (κ2) is 5.49. The van der Waals surface area contributed by atoms with E-state index in [1.807, 2.05) is 19.2 Å². The molecule has 3 atom stereocenters. The highest BCUT2D eigenvalue weighted by Gasteiger charge is 2.33. The summed E-state index contributed by atoms with van der Waals surface area (Å²) in [5.74, 6) is 2.04. The second-order valence-corrected chi connectivity index (χ2v) is 6.18. The number of nitrogens with two attached hydrogens (primary N) is 1. The Balaban J connectivity index is 1.85. The Bertz CT molecular complexity index is 428. The van der Waals surface area contributed by atoms with Crippen molar-refractivity contribution in [2.75, 3.05) is 11.4 Å². The van der Waals surface area contributed by atoms with E-state index in [2.05, 4.69) is 16.0 Å². The summed E-state index contributed by atoms with van der Waals surface area (Å²) in [7, 11) is 0. The van der Waals surface area contributed by atoms with Gasteiger partial charge in [0.2, 0.25) is 0 Å². The first-order chi connectivity index (χ1) is 9.25. The van der Waals surface area contributed by atoms with Crippen LogP contribution in [0.3, 0.4) is 0 Å². The first-order valence-electron chi connectivity index (χ1n) is 7.74. The molecule has 0 spiro atoms. The predicted octanol–water partition coefficient (Wildman–Crippen LogP) is 3.26. The molecular weight excluding hydrogens is 234 g/mol. The second-order valence-electron chi connectivity index (χ2n) is 6.18. The number of fused-ring (bicyclic) bond motifs is 1. The Morgan fingerprint density at radius 2 is 2.05 bits per heavy atom. The first-order valence-corrected chi connectivity index (χ1v) is 7.74. The summed E-state index contributed by atoms with van der Waals surface area (Å²) in [6, 6.07) is 5.05. The van der Waals surface area contributed by atoms with E-state index in [-0.39, 0.29) is 6.04 Å². The molecule has 1 aliphatic heterocycles. The molecule has 0 bridgehead atoms. The van der Waals surface area contributed by atoms with Crippen molar-refractivity contribution in [3.8, 4) is 0 Å². The van der Waals surface area contributed by atoms with E-state index in [1.54, 1.807) is 0 Å². The Kier molecular flexibility index (Phi) is 3.74. The van der Waals surface area contributed by atoms with Gasteiger partial charge in [-0.2, -0.15) is 0 Å². The Hall–Kier alpha value is -1.09. The van der Waals surface area contributed by atoms with Crippen molar-refractivity contribution in [3.63, 3.8) is 0 Å². The summed E-state index contributed by atoms with van der Waals surface area (Å²) in [5, 5.41) is 0. The van der Waals surface area contributed by atoms with Crippen molar-refractivity contribution in [1.29, 1.82) is 0 Å². The van der Waals surface area contributed by atoms with Crippen LogP contribution in [-0.4, -0.2) is 17.6 Å². The highest BCUT2D eigenvalue weighted by atomic mass is 15.2. The molecule has 2 aliphatic rings. The lowest BCUT2D eigenvalue weighted by Crippen LogP contribution is -2.47. The van der Waals surface area contributed by atoms with Gasteiger partial charge in [0.15, 0.2) is 0 Å². The SMILES string of the molecule is CC(N)c1ccnc(N2CCC[C@H]3CCCC[C@H]32)c1. The van der Waals surface area contributed by atoms with Crippen molar-refractivity contribution < 1.29 is 0 Å². The zero-order valence-corrected chi connectivity index (χ0v) is 11.9. The molecule has 1 aliphatic carbocycles. The Morgan fingerprint density at radius 3 is 2.89 bits per heavy atom. The van der Waals surface area contributed by atoms with Gasteiger partial charge < -0.3 is 10.6 Å². The van der Waals surface area contributed by atoms with Gasteiger partial charge in [-0.15, -0.1) is 0 Å². The molecule has 3 nitrogen and oxygen atoms in total. The van der Waals surface area contributed by atoms with Crippen LogP contribution in [0.15, 0.2) is 18.3 Å². The van der Waals surface area contributed by atoms with Crippen molar-refractivity contribution >= 4 is 5.82 Å². The van der Waals surface area contributed by atoms with Crippen molar-refractivity contribution in [2.45, 2.75) is 57.5 Å². The van der Waals surface area contributed by atoms with Gasteiger partial charge in [0.05, 0.1) is 0 Å². The maximum absolute atomic E-state index is 6.00. The molecule has 1 saturated heterocycles. The summed E-state index contributed by atoms with van der Waals surface area (Å²) >= 11 is 0. The molecule has 0 amide bonds. The van der Waals surface area contributed by atoms with Crippen LogP contribution in [0.2, 0.25) is 0 Å². The predicted molar refractivity (Wildman–Crippen MR) is 79.2 cm³/mol. The number of nitrogens with zero attached hydrogens (tertiary/aromatic N) is 2. The number of pyridine rings is 1. The number of aromatic nitrogens is 1. The van der Waals surface area contributed by atoms with Crippen LogP contribution in [0, 0.1) is 5.92 Å². The van der Waals surface area contributed by atoms with Gasteiger partial charge in [-0.1, -0.05) is 12.8 Å². The van der Waals surface area contributed by atoms with Gasteiger partial charge in [0.1, 0.15) is 5.82 Å². The fourth-order valence-corrected chi connectivity index (χ4v) is 3.78. The molecular formula is C16H25N3. The summed E-state index contributed by atoms with van der Waals surface area (Å²) in [6.07, 6.45) is 10.2. The van der Waals surface area contributed by atoms with E-state index in [0.29, 0.717) is 0 Å². The van der Waals surface area contributed by atoms with Crippen LogP contribution < -0.4 is 10.6 Å². The minimum atomic E-state index is 0.0914. The van der Waals surface area contributed by atoms with Gasteiger partial charge in [-0.05, 0) is 56.2 Å². The third-order valence-corrected chi connectivity index (χ3v) is 4.83. The minimum Gasteiger partial charge on any atom is -0.353 e. The molecule has 1 aromatic rings. The largest absolute Gasteiger partial charge is 0.353 e. The molecule has 3 heteroatoms. The highest BCUT2D eigenvalue weighted by Crippen LogP contribution is 2.37. The third-order valence-electron chi connectivity index (χ3n) is 4.83. The zero-order valence-electron chi connectivity index (χ0n) is 11.9. The fourth-order valence-electron chi connectivity index (χ4n) is 3.78. The molecule has 1 aromatic heterocycles. The quantitative estimate of drug-likeness (QED) is 0.886. The molecule has 1 saturated carbocycles. The van der Waals surface area contributed by atoms with Crippen LogP contribution in [-0.2, 0) is 0 Å². The van der Waals surface area contributed by atoms with Crippen LogP contribution in [0.25, 0.3) is 0 Å². The average molecular weight is 259 g/mol. The number of piperidine rings is 1. The smallest absolute Gasteiger partial charge is 0.129 e. The first kappa shape index (κ1) is 12.9. The molecule has 3 rings (SSSR count). The fraction of sp³-hybridized carbons (Fsp3) is 0.688. The molecule has 2 N–H and O–H groups in total. The lowest BCUT2D eigenvalue weighted by molar-refractivity contribution is 0.242. The van der Waals surface area contributed by atoms with Gasteiger partial charge in [-0.25, -0.2) is 4.98 Å². The monoisotopic (exact) mass is 259 g/mol. The van der Waals surface area contributed by atoms with E-state index in [4.69, 9.17) is 5.73 Å². The van der Waals surface area contributed by atoms with Crippen molar-refractivity contribution in [3.05, 3.63) is 23.9 Å². The van der Waals surface area contributed by atoms with Gasteiger partial charge in [0.25, 0.3) is 0 Å². The lowest BCUT2D eigenvalue weighted by atomic mass is 9.78. The maximum atomic E-state index is 6.00. The van der Waals surface area contributed by atoms with E-state index in [9.17, 15) is 0 Å². The number of hydrogen-bond donors (Lipinski definition) is 1. The van der Waals surface area contributed by atoms with Crippen LogP contribution in [0.1, 0.15) is 57.1 Å². The summed E-state index contributed by atoms with van der Waals surface area (Å²) in [5.41, 5.74) is 7.19. The number of anilines is 1. The van der Waals surface area contributed by atoms with E-state index >= 15 is 0 Å². The summed E-state index contributed by atoms with van der Waals surface area (Å²) in [6.45, 7) is 3.20. The maximum Gasteiger partial charge on any atom is 0.129 e. The molecule has 19 heavy (non-hydrogen) atoms. The van der Waals surface area contributed by atoms with E-state index in [1.165, 1.54) is 44.1 Å². The Labute approximate surface area is 116 Å². The minimum absolute atomic E-state index is 0.0914. The van der Waals surface area contributed by atoms with Crippen LogP contribution in [0.5, 0.6) is 0 Å². The van der Waals surface area contributed by atoms with E-state index in [0.717, 1.165) is 24.3 Å². The lowest BCUT2D eigenvalue weighted by Gasteiger charge is -2.45. The zero-order chi connectivity index (χ0) is 13.2. The summed E-state index contributed by atoms with van der Waals surface area (Å²) < 4.78 is 0. The number of hydrogen-bond acceptors (Lipinski definition) is 3. The topological polar surface area (TPSA) is 42.1 Å². The van der Waals surface area contributed by atoms with Gasteiger partial charge in [0, 0.05) is 24.8 Å². The van der Waals surface area contributed by atoms with Crippen molar-refractivity contribution in [2.24, 2.45) is 11.7 Å². The molecule has 1 unspecified atom stereocenters. The van der Waals surface area contributed by atoms with Crippen LogP contribution >= 0.6 is 0 Å².